The number of hydrogen-bond donors (Lipinski definition) is 4. The minimum absolute atomic E-state index is 0.259. The van der Waals surface area contributed by atoms with Crippen molar-refractivity contribution in [3.8, 4) is 90.5 Å². The van der Waals surface area contributed by atoms with E-state index in [1.54, 1.807) is 36.4 Å². The number of rotatable bonds is 26. The van der Waals surface area contributed by atoms with Crippen LogP contribution >= 0.6 is 0 Å². The van der Waals surface area contributed by atoms with Crippen LogP contribution in [0.25, 0.3) is 66.1 Å². The van der Waals surface area contributed by atoms with Crippen molar-refractivity contribution in [2.45, 2.75) is 73.0 Å². The molecule has 0 aliphatic heterocycles. The second-order valence-electron chi connectivity index (χ2n) is 34.3. The highest BCUT2D eigenvalue weighted by Crippen LogP contribution is 2.62. The molecule has 8 heteroatoms. The molecule has 0 saturated heterocycles. The molecule has 0 amide bonds. The number of phenols is 4. The van der Waals surface area contributed by atoms with E-state index < -0.39 is 21.7 Å². The third kappa shape index (κ3) is 13.9. The van der Waals surface area contributed by atoms with E-state index in [1.165, 1.54) is 122 Å². The maximum atomic E-state index is 10.2. The highest BCUT2D eigenvalue weighted by Gasteiger charge is 2.50. The quantitative estimate of drug-likeness (QED) is 0.0396. The lowest BCUT2D eigenvalue weighted by Crippen LogP contribution is -2.28. The molecule has 4 aliphatic carbocycles. The number of hydrogen-bond acceptors (Lipinski definition) is 8. The van der Waals surface area contributed by atoms with Crippen LogP contribution in [0.5, 0.6) is 46.0 Å². The first kappa shape index (κ1) is 80.0. The molecular weight excluding hydrogens is 1570 g/mol. The van der Waals surface area contributed by atoms with Gasteiger partial charge in [0.2, 0.25) is 0 Å². The summed E-state index contributed by atoms with van der Waals surface area (Å²) in [5.41, 5.74) is 27.3. The SMILES string of the molecule is Oc1ccc(C2(c3ccc(OCCCCCCOc4ccc(C5(c6ccc(O)cc6)c6ccccc6-c6ccccc65)cc4)cc3)c3ccccc3-c3ccccc32)cc1.Oc1ccc2cc(C3(c4ccc(OCCCCCCOc5ccc(C6(c7ccc8cc(O)ccc8c7)c7ccccc7-c7ccccc76)cc5)cc4)c4ccccc4-c4ccccc43)ccc2c1. The number of benzene rings is 18. The van der Waals surface area contributed by atoms with Gasteiger partial charge in [0.25, 0.3) is 0 Å². The average molecular weight is 1670 g/mol. The van der Waals surface area contributed by atoms with Crippen LogP contribution in [-0.2, 0) is 21.7 Å². The Labute approximate surface area is 747 Å². The third-order valence-electron chi connectivity index (χ3n) is 27.2. The van der Waals surface area contributed by atoms with E-state index in [-0.39, 0.29) is 23.0 Å². The molecule has 4 N–H and O–H groups in total. The molecule has 8 nitrogen and oxygen atoms in total. The topological polar surface area (TPSA) is 118 Å². The molecule has 0 radical (unpaired) electrons. The molecule has 22 rings (SSSR count). The van der Waals surface area contributed by atoms with Crippen LogP contribution in [-0.4, -0.2) is 46.9 Å². The molecule has 0 heterocycles. The largest absolute Gasteiger partial charge is 0.508 e. The van der Waals surface area contributed by atoms with E-state index in [4.69, 9.17) is 18.9 Å². The Morgan fingerprint density at radius 3 is 0.555 bits per heavy atom. The maximum absolute atomic E-state index is 10.2. The molecule has 0 aromatic heterocycles. The summed E-state index contributed by atoms with van der Waals surface area (Å²) in [5, 5.41) is 45.0. The first-order chi connectivity index (χ1) is 63.1. The summed E-state index contributed by atoms with van der Waals surface area (Å²) in [4.78, 5) is 0. The molecule has 0 saturated carbocycles. The molecule has 0 spiro atoms. The van der Waals surface area contributed by atoms with Gasteiger partial charge in [0.05, 0.1) is 48.1 Å². The highest BCUT2D eigenvalue weighted by molar-refractivity contribution is 5.94. The van der Waals surface area contributed by atoms with Crippen molar-refractivity contribution in [1.29, 1.82) is 0 Å². The first-order valence-electron chi connectivity index (χ1n) is 44.9. The lowest BCUT2D eigenvalue weighted by atomic mass is 9.67. The second-order valence-corrected chi connectivity index (χ2v) is 34.3. The summed E-state index contributed by atoms with van der Waals surface area (Å²) in [5.74, 6) is 4.53. The molecule has 0 bridgehead atoms. The predicted molar refractivity (Wildman–Crippen MR) is 516 cm³/mol. The highest BCUT2D eigenvalue weighted by atomic mass is 16.5. The third-order valence-corrected chi connectivity index (χ3v) is 27.2. The summed E-state index contributed by atoms with van der Waals surface area (Å²) < 4.78 is 25.2. The van der Waals surface area contributed by atoms with E-state index >= 15 is 0 Å². The summed E-state index contributed by atoms with van der Waals surface area (Å²) in [6.07, 6.45) is 8.11. The molecule has 18 aromatic carbocycles. The fourth-order valence-electron chi connectivity index (χ4n) is 21.5. The van der Waals surface area contributed by atoms with Gasteiger partial charge in [-0.05, 0) is 316 Å². The summed E-state index contributed by atoms with van der Waals surface area (Å²) in [6, 6.07) is 144. The lowest BCUT2D eigenvalue weighted by Gasteiger charge is -2.34. The van der Waals surface area contributed by atoms with Gasteiger partial charge in [0, 0.05) is 0 Å². The van der Waals surface area contributed by atoms with Crippen molar-refractivity contribution < 1.29 is 39.4 Å². The minimum atomic E-state index is -0.511. The van der Waals surface area contributed by atoms with Crippen molar-refractivity contribution in [3.05, 3.63) is 502 Å². The first-order valence-corrected chi connectivity index (χ1v) is 44.9. The zero-order valence-corrected chi connectivity index (χ0v) is 71.2. The van der Waals surface area contributed by atoms with Gasteiger partial charge < -0.3 is 39.4 Å². The van der Waals surface area contributed by atoms with Crippen molar-refractivity contribution in [2.75, 3.05) is 26.4 Å². The van der Waals surface area contributed by atoms with Gasteiger partial charge in [-0.15, -0.1) is 0 Å². The zero-order chi connectivity index (χ0) is 86.2. The molecule has 0 fully saturated rings. The summed E-state index contributed by atoms with van der Waals surface area (Å²) in [6.45, 7) is 2.63. The monoisotopic (exact) mass is 1660 g/mol. The Bertz CT molecular complexity index is 6500. The predicted octanol–water partition coefficient (Wildman–Crippen LogP) is 28.0. The number of ether oxygens (including phenoxy) is 4. The Hall–Kier alpha value is -15.1. The van der Waals surface area contributed by atoms with Crippen LogP contribution < -0.4 is 18.9 Å². The van der Waals surface area contributed by atoms with Gasteiger partial charge >= 0.3 is 0 Å². The molecule has 128 heavy (non-hydrogen) atoms. The Balaban J connectivity index is 0.000000157. The van der Waals surface area contributed by atoms with E-state index in [0.717, 1.165) is 107 Å². The molecular formula is C120H96O8. The minimum Gasteiger partial charge on any atom is -0.508 e. The van der Waals surface area contributed by atoms with E-state index in [2.05, 4.69) is 328 Å². The van der Waals surface area contributed by atoms with Crippen molar-refractivity contribution >= 4 is 21.5 Å². The summed E-state index contributed by atoms with van der Waals surface area (Å²) >= 11 is 0. The van der Waals surface area contributed by atoms with Crippen LogP contribution in [0.4, 0.5) is 0 Å². The molecule has 4 aliphatic rings. The van der Waals surface area contributed by atoms with Gasteiger partial charge in [-0.3, -0.25) is 0 Å². The van der Waals surface area contributed by atoms with Crippen LogP contribution in [0.15, 0.2) is 413 Å². The number of phenolic OH excluding ortho intramolecular Hbond substituents is 4. The standard InChI is InChI=1S/C64H50O4.C56H46O4/c65-51-31-23-43-39-49(25-21-45(43)41-51)63(59-17-7-3-13-55(59)56-14-4-8-18-60(56)63)47-27-33-53(34-28-47)67-37-11-1-2-12-38-68-54-35-29-48(30-36-54)64(50-26-22-46-42-52(66)32-24-44(46)40-50)61-19-9-5-15-57(61)58-16-6-10-20-62(58)64;57-43-29-21-39(22-30-43)55(51-17-7-3-13-47(51)48-14-4-8-18-52(48)55)41-25-33-45(34-26-41)59-37-11-1-2-12-38-60-46-35-27-42(28-36-46)56(40-23-31-44(58)32-24-40)53-19-9-5-15-49(53)50-16-6-10-20-54(50)56/h3-10,13-36,39-42,65-66H,1-2,11-12,37-38H2;3-10,13-36,57-58H,1-2,11-12,37-38H2. The number of fused-ring (bicyclic) bond motifs is 14. The van der Waals surface area contributed by atoms with Crippen molar-refractivity contribution in [1.82, 2.24) is 0 Å². The van der Waals surface area contributed by atoms with Gasteiger partial charge in [0.15, 0.2) is 0 Å². The molecule has 0 atom stereocenters. The summed E-state index contributed by atoms with van der Waals surface area (Å²) in [7, 11) is 0. The van der Waals surface area contributed by atoms with E-state index in [9.17, 15) is 20.4 Å². The Morgan fingerprint density at radius 1 is 0.156 bits per heavy atom. The van der Waals surface area contributed by atoms with Crippen LogP contribution in [0.3, 0.4) is 0 Å². The smallest absolute Gasteiger partial charge is 0.119 e. The number of unbranched alkanes of at least 4 members (excludes halogenated alkanes) is 6. The normalized spacial score (nSPS) is 13.8. The van der Waals surface area contributed by atoms with Crippen molar-refractivity contribution in [3.63, 3.8) is 0 Å². The fraction of sp³-hybridized carbons (Fsp3) is 0.133. The fourth-order valence-corrected chi connectivity index (χ4v) is 21.5. The van der Waals surface area contributed by atoms with Gasteiger partial charge in [-0.2, -0.15) is 0 Å². The van der Waals surface area contributed by atoms with Gasteiger partial charge in [-0.25, -0.2) is 0 Å². The molecule has 624 valence electrons. The van der Waals surface area contributed by atoms with Crippen LogP contribution in [0.1, 0.15) is 140 Å². The van der Waals surface area contributed by atoms with E-state index in [0.29, 0.717) is 26.4 Å². The Kier molecular flexibility index (Phi) is 21.3. The van der Waals surface area contributed by atoms with Gasteiger partial charge in [-0.1, -0.05) is 303 Å². The lowest BCUT2D eigenvalue weighted by molar-refractivity contribution is 0.287. The second kappa shape index (κ2) is 34.1. The average Bonchev–Trinajstić information content (AvgIpc) is 1.63. The molecule has 0 unspecified atom stereocenters. The molecule has 18 aromatic rings. The van der Waals surface area contributed by atoms with Gasteiger partial charge in [0.1, 0.15) is 46.0 Å². The van der Waals surface area contributed by atoms with Crippen LogP contribution in [0.2, 0.25) is 0 Å². The van der Waals surface area contributed by atoms with E-state index in [1.807, 2.05) is 48.5 Å². The maximum Gasteiger partial charge on any atom is 0.119 e. The zero-order valence-electron chi connectivity index (χ0n) is 71.2. The van der Waals surface area contributed by atoms with Crippen molar-refractivity contribution in [2.24, 2.45) is 0 Å². The number of aromatic hydroxyl groups is 4. The Morgan fingerprint density at radius 2 is 0.328 bits per heavy atom. The van der Waals surface area contributed by atoms with Crippen LogP contribution in [0, 0.1) is 0 Å².